The summed E-state index contributed by atoms with van der Waals surface area (Å²) in [6.07, 6.45) is 5.63. The van der Waals surface area contributed by atoms with Gasteiger partial charge in [-0.05, 0) is 20.8 Å². The number of aromatic nitrogens is 4. The van der Waals surface area contributed by atoms with Gasteiger partial charge in [-0.25, -0.2) is 4.98 Å². The second-order valence-corrected chi connectivity index (χ2v) is 4.26. The molecular formula is C12H17N5. The molecule has 5 nitrogen and oxygen atoms in total. The molecule has 0 bridgehead atoms. The van der Waals surface area contributed by atoms with Crippen LogP contribution in [0.15, 0.2) is 18.6 Å². The molecule has 17 heavy (non-hydrogen) atoms. The zero-order valence-corrected chi connectivity index (χ0v) is 10.6. The van der Waals surface area contributed by atoms with Gasteiger partial charge in [0.1, 0.15) is 5.82 Å². The third-order valence-corrected chi connectivity index (χ3v) is 2.65. The summed E-state index contributed by atoms with van der Waals surface area (Å²) in [5.74, 6) is 0.835. The molecule has 0 aliphatic heterocycles. The maximum Gasteiger partial charge on any atom is 0.148 e. The molecule has 0 amide bonds. The van der Waals surface area contributed by atoms with Crippen molar-refractivity contribution in [1.82, 2.24) is 19.7 Å². The van der Waals surface area contributed by atoms with E-state index in [9.17, 15) is 0 Å². The van der Waals surface area contributed by atoms with Gasteiger partial charge in [-0.15, -0.1) is 0 Å². The number of aryl methyl sites for hydroxylation is 3. The Balaban J connectivity index is 2.18. The Bertz CT molecular complexity index is 517. The Morgan fingerprint density at radius 1 is 1.29 bits per heavy atom. The molecule has 90 valence electrons. The highest BCUT2D eigenvalue weighted by Gasteiger charge is 2.10. The fraction of sp³-hybridized carbons (Fsp3) is 0.417. The average molecular weight is 231 g/mol. The number of anilines is 1. The quantitative estimate of drug-likeness (QED) is 0.877. The van der Waals surface area contributed by atoms with Crippen molar-refractivity contribution in [2.75, 3.05) is 5.32 Å². The summed E-state index contributed by atoms with van der Waals surface area (Å²) in [6.45, 7) is 5.97. The second-order valence-electron chi connectivity index (χ2n) is 4.26. The Labute approximate surface area is 101 Å². The van der Waals surface area contributed by atoms with Crippen LogP contribution in [-0.2, 0) is 7.05 Å². The van der Waals surface area contributed by atoms with Crippen LogP contribution in [0.1, 0.15) is 29.9 Å². The Morgan fingerprint density at radius 3 is 2.71 bits per heavy atom. The molecule has 1 unspecified atom stereocenters. The van der Waals surface area contributed by atoms with Gasteiger partial charge in [-0.3, -0.25) is 9.67 Å². The van der Waals surface area contributed by atoms with E-state index in [1.807, 2.05) is 33.3 Å². The van der Waals surface area contributed by atoms with Crippen LogP contribution in [0.2, 0.25) is 0 Å². The van der Waals surface area contributed by atoms with E-state index in [1.54, 1.807) is 10.9 Å². The van der Waals surface area contributed by atoms with Gasteiger partial charge >= 0.3 is 0 Å². The van der Waals surface area contributed by atoms with E-state index in [0.29, 0.717) is 0 Å². The Morgan fingerprint density at radius 2 is 2.06 bits per heavy atom. The molecule has 0 aromatic carbocycles. The highest BCUT2D eigenvalue weighted by atomic mass is 15.2. The molecule has 2 aromatic heterocycles. The predicted octanol–water partition coefficient (Wildman–Crippen LogP) is 2.00. The smallest absolute Gasteiger partial charge is 0.148 e. The van der Waals surface area contributed by atoms with Crippen LogP contribution in [0.5, 0.6) is 0 Å². The first-order valence-electron chi connectivity index (χ1n) is 5.61. The molecule has 0 spiro atoms. The van der Waals surface area contributed by atoms with Gasteiger partial charge in [0.05, 0.1) is 23.6 Å². The van der Waals surface area contributed by atoms with Crippen molar-refractivity contribution in [3.05, 3.63) is 35.5 Å². The monoisotopic (exact) mass is 231 g/mol. The maximum atomic E-state index is 4.44. The van der Waals surface area contributed by atoms with E-state index in [2.05, 4.69) is 27.3 Å². The lowest BCUT2D eigenvalue weighted by Crippen LogP contribution is -2.10. The van der Waals surface area contributed by atoms with Crippen LogP contribution >= 0.6 is 0 Å². The summed E-state index contributed by atoms with van der Waals surface area (Å²) in [5, 5.41) is 7.51. The molecule has 0 aliphatic rings. The summed E-state index contributed by atoms with van der Waals surface area (Å²) in [7, 11) is 1.91. The van der Waals surface area contributed by atoms with Gasteiger partial charge in [-0.2, -0.15) is 5.10 Å². The lowest BCUT2D eigenvalue weighted by Gasteiger charge is -2.14. The molecule has 2 aromatic rings. The zero-order valence-electron chi connectivity index (χ0n) is 10.6. The number of hydrogen-bond acceptors (Lipinski definition) is 4. The molecule has 1 atom stereocenters. The normalized spacial score (nSPS) is 12.5. The van der Waals surface area contributed by atoms with E-state index in [4.69, 9.17) is 0 Å². The van der Waals surface area contributed by atoms with Gasteiger partial charge in [0.2, 0.25) is 0 Å². The minimum Gasteiger partial charge on any atom is -0.362 e. The molecule has 0 saturated heterocycles. The first kappa shape index (κ1) is 11.6. The molecule has 2 heterocycles. The first-order chi connectivity index (χ1) is 8.06. The molecule has 0 aliphatic carbocycles. The van der Waals surface area contributed by atoms with Gasteiger partial charge < -0.3 is 5.32 Å². The van der Waals surface area contributed by atoms with Crippen molar-refractivity contribution >= 4 is 5.82 Å². The van der Waals surface area contributed by atoms with Crippen molar-refractivity contribution in [2.45, 2.75) is 26.8 Å². The lowest BCUT2D eigenvalue weighted by molar-refractivity contribution is 0.765. The standard InChI is InChI=1S/C12H17N5/c1-8-5-13-10(3)12(15-8)16-9(2)11-6-14-17(4)7-11/h5-7,9H,1-4H3,(H,15,16). The van der Waals surface area contributed by atoms with Gasteiger partial charge in [-0.1, -0.05) is 0 Å². The van der Waals surface area contributed by atoms with Crippen molar-refractivity contribution < 1.29 is 0 Å². The van der Waals surface area contributed by atoms with E-state index in [-0.39, 0.29) is 6.04 Å². The minimum atomic E-state index is 0.165. The highest BCUT2D eigenvalue weighted by Crippen LogP contribution is 2.18. The van der Waals surface area contributed by atoms with Gasteiger partial charge in [0.15, 0.2) is 0 Å². The van der Waals surface area contributed by atoms with Crippen LogP contribution in [-0.4, -0.2) is 19.7 Å². The number of hydrogen-bond donors (Lipinski definition) is 1. The second kappa shape index (κ2) is 4.53. The van der Waals surface area contributed by atoms with Crippen LogP contribution in [0, 0.1) is 13.8 Å². The largest absolute Gasteiger partial charge is 0.362 e. The van der Waals surface area contributed by atoms with Crippen LogP contribution in [0.4, 0.5) is 5.82 Å². The SMILES string of the molecule is Cc1cnc(C)c(NC(C)c2cnn(C)c2)n1. The molecule has 0 fully saturated rings. The Hall–Kier alpha value is -1.91. The van der Waals surface area contributed by atoms with Crippen molar-refractivity contribution in [3.8, 4) is 0 Å². The molecule has 2 rings (SSSR count). The molecule has 0 radical (unpaired) electrons. The summed E-state index contributed by atoms with van der Waals surface area (Å²) in [4.78, 5) is 8.73. The molecule has 0 saturated carbocycles. The first-order valence-corrected chi connectivity index (χ1v) is 5.61. The number of nitrogens with one attached hydrogen (secondary N) is 1. The number of rotatable bonds is 3. The fourth-order valence-corrected chi connectivity index (χ4v) is 1.63. The van der Waals surface area contributed by atoms with E-state index < -0.39 is 0 Å². The van der Waals surface area contributed by atoms with Crippen LogP contribution in [0.3, 0.4) is 0 Å². The van der Waals surface area contributed by atoms with Crippen molar-refractivity contribution in [2.24, 2.45) is 7.05 Å². The van der Waals surface area contributed by atoms with Gasteiger partial charge in [0, 0.05) is 25.0 Å². The predicted molar refractivity (Wildman–Crippen MR) is 66.8 cm³/mol. The molecular weight excluding hydrogens is 214 g/mol. The van der Waals surface area contributed by atoms with E-state index >= 15 is 0 Å². The fourth-order valence-electron chi connectivity index (χ4n) is 1.63. The van der Waals surface area contributed by atoms with Crippen LogP contribution in [0.25, 0.3) is 0 Å². The summed E-state index contributed by atoms with van der Waals surface area (Å²) >= 11 is 0. The third-order valence-electron chi connectivity index (χ3n) is 2.65. The third kappa shape index (κ3) is 2.61. The summed E-state index contributed by atoms with van der Waals surface area (Å²) in [6, 6.07) is 0.165. The Kier molecular flexibility index (Phi) is 3.08. The van der Waals surface area contributed by atoms with Crippen LogP contribution < -0.4 is 5.32 Å². The highest BCUT2D eigenvalue weighted by molar-refractivity contribution is 5.41. The summed E-state index contributed by atoms with van der Waals surface area (Å²) in [5.41, 5.74) is 2.96. The topological polar surface area (TPSA) is 55.6 Å². The summed E-state index contributed by atoms with van der Waals surface area (Å²) < 4.78 is 1.79. The van der Waals surface area contributed by atoms with E-state index in [0.717, 1.165) is 22.8 Å². The lowest BCUT2D eigenvalue weighted by atomic mass is 10.2. The number of nitrogens with zero attached hydrogens (tertiary/aromatic N) is 4. The maximum absolute atomic E-state index is 4.44. The zero-order chi connectivity index (χ0) is 12.4. The average Bonchev–Trinajstić information content (AvgIpc) is 2.70. The van der Waals surface area contributed by atoms with E-state index in [1.165, 1.54) is 0 Å². The van der Waals surface area contributed by atoms with Gasteiger partial charge in [0.25, 0.3) is 0 Å². The van der Waals surface area contributed by atoms with Crippen molar-refractivity contribution in [3.63, 3.8) is 0 Å². The molecule has 5 heteroatoms. The molecule has 1 N–H and O–H groups in total. The van der Waals surface area contributed by atoms with Crippen molar-refractivity contribution in [1.29, 1.82) is 0 Å². The minimum absolute atomic E-state index is 0.165.